The SMILES string of the molecule is Cc1ccc(C(C)(C)C)cc1S[C@H]1CC(=O)[C@H]2OC[C@H]1O2. The van der Waals surface area contributed by atoms with Crippen molar-refractivity contribution in [3.05, 3.63) is 29.3 Å². The molecule has 1 aromatic carbocycles. The standard InChI is InChI=1S/C17H22O3S/c1-10-5-6-11(17(2,3)4)7-14(10)21-15-8-12(18)16-19-9-13(15)20-16/h5-7,13,15-16H,8-9H2,1-4H3/t13-,15+,16+/m1/s1. The van der Waals surface area contributed by atoms with Gasteiger partial charge < -0.3 is 9.47 Å². The molecule has 0 radical (unpaired) electrons. The van der Waals surface area contributed by atoms with Gasteiger partial charge in [0.25, 0.3) is 0 Å². The second kappa shape index (κ2) is 5.41. The third kappa shape index (κ3) is 3.03. The van der Waals surface area contributed by atoms with Gasteiger partial charge >= 0.3 is 0 Å². The van der Waals surface area contributed by atoms with E-state index in [0.717, 1.165) is 0 Å². The molecule has 2 aliphatic rings. The van der Waals surface area contributed by atoms with Gasteiger partial charge in [-0.25, -0.2) is 0 Å². The minimum absolute atomic E-state index is 0.0374. The van der Waals surface area contributed by atoms with Crippen molar-refractivity contribution >= 4 is 17.5 Å². The van der Waals surface area contributed by atoms with Crippen LogP contribution in [-0.4, -0.2) is 30.0 Å². The van der Waals surface area contributed by atoms with Gasteiger partial charge in [-0.15, -0.1) is 11.8 Å². The Morgan fingerprint density at radius 2 is 2.05 bits per heavy atom. The second-order valence-corrected chi connectivity index (χ2v) is 8.18. The van der Waals surface area contributed by atoms with Crippen LogP contribution >= 0.6 is 11.8 Å². The zero-order valence-corrected chi connectivity index (χ0v) is 13.8. The first-order valence-corrected chi connectivity index (χ1v) is 8.30. The van der Waals surface area contributed by atoms with E-state index in [1.54, 1.807) is 11.8 Å². The molecule has 0 amide bonds. The second-order valence-electron chi connectivity index (χ2n) is 6.90. The molecule has 2 fully saturated rings. The fourth-order valence-corrected chi connectivity index (χ4v) is 4.00. The highest BCUT2D eigenvalue weighted by atomic mass is 32.2. The average Bonchev–Trinajstić information content (AvgIpc) is 2.83. The molecule has 3 atom stereocenters. The molecule has 3 rings (SSSR count). The molecule has 1 aromatic rings. The Kier molecular flexibility index (Phi) is 3.89. The van der Waals surface area contributed by atoms with Crippen molar-refractivity contribution in [2.75, 3.05) is 6.61 Å². The highest BCUT2D eigenvalue weighted by molar-refractivity contribution is 8.00. The third-order valence-corrected chi connectivity index (χ3v) is 5.59. The summed E-state index contributed by atoms with van der Waals surface area (Å²) in [4.78, 5) is 13.1. The van der Waals surface area contributed by atoms with Crippen molar-refractivity contribution in [2.24, 2.45) is 0 Å². The molecule has 0 N–H and O–H groups in total. The predicted molar refractivity (Wildman–Crippen MR) is 83.8 cm³/mol. The van der Waals surface area contributed by atoms with Crippen LogP contribution in [0.15, 0.2) is 23.1 Å². The number of fused-ring (bicyclic) bond motifs is 2. The summed E-state index contributed by atoms with van der Waals surface area (Å²) in [6.07, 6.45) is -0.0247. The van der Waals surface area contributed by atoms with Gasteiger partial charge in [0.05, 0.1) is 12.7 Å². The molecule has 0 saturated carbocycles. The van der Waals surface area contributed by atoms with Gasteiger partial charge in [-0.2, -0.15) is 0 Å². The highest BCUT2D eigenvalue weighted by Crippen LogP contribution is 2.39. The number of carbonyl (C=O) groups excluding carboxylic acids is 1. The average molecular weight is 306 g/mol. The first kappa shape index (κ1) is 15.1. The Hall–Kier alpha value is -0.840. The molecule has 2 bridgehead atoms. The van der Waals surface area contributed by atoms with E-state index in [-0.39, 0.29) is 22.6 Å². The van der Waals surface area contributed by atoms with E-state index < -0.39 is 6.29 Å². The number of benzene rings is 1. The quantitative estimate of drug-likeness (QED) is 0.838. The van der Waals surface area contributed by atoms with Crippen molar-refractivity contribution in [2.45, 2.75) is 62.1 Å². The summed E-state index contributed by atoms with van der Waals surface area (Å²) in [5, 5.41) is 0.158. The van der Waals surface area contributed by atoms with Crippen LogP contribution in [0.3, 0.4) is 0 Å². The van der Waals surface area contributed by atoms with E-state index in [2.05, 4.69) is 45.9 Å². The van der Waals surface area contributed by atoms with E-state index in [1.165, 1.54) is 16.0 Å². The van der Waals surface area contributed by atoms with Crippen molar-refractivity contribution in [3.8, 4) is 0 Å². The summed E-state index contributed by atoms with van der Waals surface area (Å²) in [5.74, 6) is 0.0749. The predicted octanol–water partition coefficient (Wildman–Crippen LogP) is 3.47. The maximum atomic E-state index is 11.9. The Morgan fingerprint density at radius 3 is 2.76 bits per heavy atom. The molecular formula is C17H22O3S. The molecule has 0 aliphatic carbocycles. The lowest BCUT2D eigenvalue weighted by molar-refractivity contribution is -0.151. The first-order chi connectivity index (χ1) is 9.84. The van der Waals surface area contributed by atoms with E-state index in [4.69, 9.17) is 9.47 Å². The van der Waals surface area contributed by atoms with Crippen LogP contribution in [0.25, 0.3) is 0 Å². The highest BCUT2D eigenvalue weighted by Gasteiger charge is 2.43. The number of aryl methyl sites for hydroxylation is 1. The maximum Gasteiger partial charge on any atom is 0.218 e. The van der Waals surface area contributed by atoms with Gasteiger partial charge in [0.15, 0.2) is 5.78 Å². The van der Waals surface area contributed by atoms with Crippen LogP contribution in [0.1, 0.15) is 38.3 Å². The van der Waals surface area contributed by atoms with Gasteiger partial charge in [-0.3, -0.25) is 4.79 Å². The molecule has 21 heavy (non-hydrogen) atoms. The van der Waals surface area contributed by atoms with Crippen molar-refractivity contribution in [1.82, 2.24) is 0 Å². The van der Waals surface area contributed by atoms with Crippen molar-refractivity contribution in [1.29, 1.82) is 0 Å². The van der Waals surface area contributed by atoms with E-state index >= 15 is 0 Å². The number of carbonyl (C=O) groups is 1. The molecule has 2 aliphatic heterocycles. The number of hydrogen-bond donors (Lipinski definition) is 0. The van der Waals surface area contributed by atoms with Gasteiger partial charge in [0.2, 0.25) is 6.29 Å². The third-order valence-electron chi connectivity index (χ3n) is 4.12. The number of ether oxygens (including phenoxy) is 2. The van der Waals surface area contributed by atoms with Gasteiger partial charge in [-0.05, 0) is 29.5 Å². The molecule has 0 aromatic heterocycles. The maximum absolute atomic E-state index is 11.9. The number of rotatable bonds is 2. The summed E-state index contributed by atoms with van der Waals surface area (Å²) >= 11 is 1.76. The summed E-state index contributed by atoms with van der Waals surface area (Å²) in [6, 6.07) is 6.62. The molecular weight excluding hydrogens is 284 g/mol. The zero-order chi connectivity index (χ0) is 15.2. The van der Waals surface area contributed by atoms with Crippen molar-refractivity contribution < 1.29 is 14.3 Å². The molecule has 2 saturated heterocycles. The van der Waals surface area contributed by atoms with Gasteiger partial charge in [0, 0.05) is 16.6 Å². The zero-order valence-electron chi connectivity index (χ0n) is 13.0. The summed E-state index contributed by atoms with van der Waals surface area (Å²) in [7, 11) is 0. The Labute approximate surface area is 130 Å². The monoisotopic (exact) mass is 306 g/mol. The summed E-state index contributed by atoms with van der Waals surface area (Å²) in [5.41, 5.74) is 2.70. The normalized spacial score (nSPS) is 29.0. The fourth-order valence-electron chi connectivity index (χ4n) is 2.68. The number of Topliss-reactive ketones (excluding diaryl/α,β-unsaturated/α-hetero) is 1. The van der Waals surface area contributed by atoms with E-state index in [1.807, 2.05) is 0 Å². The van der Waals surface area contributed by atoms with Gasteiger partial charge in [-0.1, -0.05) is 32.9 Å². The Bertz CT molecular complexity index is 562. The number of hydrogen-bond acceptors (Lipinski definition) is 4. The molecule has 0 unspecified atom stereocenters. The lowest BCUT2D eigenvalue weighted by atomic mass is 9.87. The topological polar surface area (TPSA) is 35.5 Å². The Balaban J connectivity index is 1.82. The van der Waals surface area contributed by atoms with E-state index in [9.17, 15) is 4.79 Å². The lowest BCUT2D eigenvalue weighted by Crippen LogP contribution is -2.37. The summed E-state index contributed by atoms with van der Waals surface area (Å²) < 4.78 is 11.0. The van der Waals surface area contributed by atoms with Crippen molar-refractivity contribution in [3.63, 3.8) is 0 Å². The first-order valence-electron chi connectivity index (χ1n) is 7.42. The van der Waals surface area contributed by atoms with Crippen LogP contribution in [0.2, 0.25) is 0 Å². The van der Waals surface area contributed by atoms with E-state index in [0.29, 0.717) is 13.0 Å². The van der Waals surface area contributed by atoms with Gasteiger partial charge in [0.1, 0.15) is 0 Å². The molecule has 114 valence electrons. The number of ketones is 1. The smallest absolute Gasteiger partial charge is 0.218 e. The lowest BCUT2D eigenvalue weighted by Gasteiger charge is -2.27. The summed E-state index contributed by atoms with van der Waals surface area (Å²) in [6.45, 7) is 9.30. The van der Waals surface area contributed by atoms with Crippen LogP contribution < -0.4 is 0 Å². The largest absolute Gasteiger partial charge is 0.343 e. The molecule has 2 heterocycles. The minimum Gasteiger partial charge on any atom is -0.343 e. The van der Waals surface area contributed by atoms with Crippen LogP contribution in [0.5, 0.6) is 0 Å². The minimum atomic E-state index is -0.603. The molecule has 4 heteroatoms. The number of thioether (sulfide) groups is 1. The van der Waals surface area contributed by atoms with Crippen LogP contribution in [0, 0.1) is 6.92 Å². The molecule has 0 spiro atoms. The Morgan fingerprint density at radius 1 is 1.29 bits per heavy atom. The van der Waals surface area contributed by atoms with Crippen LogP contribution in [0.4, 0.5) is 0 Å². The fraction of sp³-hybridized carbons (Fsp3) is 0.588. The van der Waals surface area contributed by atoms with Crippen LogP contribution in [-0.2, 0) is 19.7 Å². The molecule has 3 nitrogen and oxygen atoms in total.